The summed E-state index contributed by atoms with van der Waals surface area (Å²) in [6, 6.07) is 25.7. The summed E-state index contributed by atoms with van der Waals surface area (Å²) < 4.78 is 0. The average molecular weight is 435 g/mol. The first kappa shape index (κ1) is 23.7. The highest BCUT2D eigenvalue weighted by Gasteiger charge is 2.37. The minimum atomic E-state index is -2.63. The molecule has 0 nitrogen and oxygen atoms in total. The van der Waals surface area contributed by atoms with E-state index in [1.54, 1.807) is 0 Å². The Balaban J connectivity index is 2.22. The van der Waals surface area contributed by atoms with Crippen LogP contribution in [-0.2, 0) is 0 Å². The van der Waals surface area contributed by atoms with Gasteiger partial charge >= 0.3 is 0 Å². The van der Waals surface area contributed by atoms with Gasteiger partial charge in [-0.2, -0.15) is 0 Å². The lowest BCUT2D eigenvalue weighted by molar-refractivity contribution is 0.680. The molecule has 0 bridgehead atoms. The summed E-state index contributed by atoms with van der Waals surface area (Å²) in [4.78, 5) is 0. The maximum absolute atomic E-state index is 3.83. The van der Waals surface area contributed by atoms with Crippen LogP contribution >= 0.6 is 0 Å². The van der Waals surface area contributed by atoms with Crippen LogP contribution in [0.2, 0.25) is 0 Å². The Kier molecular flexibility index (Phi) is 8.55. The Morgan fingerprint density at radius 3 is 1.97 bits per heavy atom. The number of hydrogen-bond donors (Lipinski definition) is 0. The van der Waals surface area contributed by atoms with E-state index in [2.05, 4.69) is 117 Å². The molecule has 0 aliphatic rings. The standard InChI is InChI=1S/C31H34Si/c1-5-6-7-8-9-16-22-32(30-19-14-11-15-20-30,23-21-29-17-12-10-13-18-29)31-27(3)24-26(2)25-28(31)4/h10-15,17-20,24-25H,5-9H2,1-4H3. The Bertz CT molecular complexity index is 1110. The van der Waals surface area contributed by atoms with E-state index in [9.17, 15) is 0 Å². The van der Waals surface area contributed by atoms with E-state index >= 15 is 0 Å². The predicted molar refractivity (Wildman–Crippen MR) is 142 cm³/mol. The molecule has 1 atom stereocenters. The highest BCUT2D eigenvalue weighted by atomic mass is 28.3. The molecular weight excluding hydrogens is 400 g/mol. The third-order valence-electron chi connectivity index (χ3n) is 5.86. The zero-order valence-electron chi connectivity index (χ0n) is 20.0. The second-order valence-electron chi connectivity index (χ2n) is 8.62. The minimum Gasteiger partial charge on any atom is -0.108 e. The van der Waals surface area contributed by atoms with Crippen molar-refractivity contribution < 1.29 is 0 Å². The van der Waals surface area contributed by atoms with E-state index in [0.717, 1.165) is 18.4 Å². The van der Waals surface area contributed by atoms with Crippen LogP contribution in [0.25, 0.3) is 0 Å². The third-order valence-corrected chi connectivity index (χ3v) is 9.65. The highest BCUT2D eigenvalue weighted by Crippen LogP contribution is 2.15. The van der Waals surface area contributed by atoms with Crippen LogP contribution in [0.1, 0.15) is 61.3 Å². The fourth-order valence-corrected chi connectivity index (χ4v) is 8.06. The van der Waals surface area contributed by atoms with Gasteiger partial charge in [0.1, 0.15) is 0 Å². The molecule has 1 heteroatoms. The van der Waals surface area contributed by atoms with Crippen LogP contribution < -0.4 is 10.4 Å². The number of benzene rings is 3. The number of hydrogen-bond acceptors (Lipinski definition) is 0. The molecule has 0 aliphatic heterocycles. The second-order valence-corrected chi connectivity index (χ2v) is 11.7. The summed E-state index contributed by atoms with van der Waals surface area (Å²) in [5.74, 6) is 7.12. The fraction of sp³-hybridized carbons (Fsp3) is 0.290. The largest absolute Gasteiger partial charge is 0.276 e. The summed E-state index contributed by atoms with van der Waals surface area (Å²) in [7, 11) is -2.63. The molecule has 3 aromatic rings. The molecule has 0 N–H and O–H groups in total. The molecule has 0 saturated heterocycles. The first-order valence-corrected chi connectivity index (χ1v) is 13.8. The van der Waals surface area contributed by atoms with Gasteiger partial charge in [0.05, 0.1) is 0 Å². The lowest BCUT2D eigenvalue weighted by atomic mass is 10.1. The monoisotopic (exact) mass is 434 g/mol. The number of rotatable bonds is 6. The van der Waals surface area contributed by atoms with Gasteiger partial charge in [-0.1, -0.05) is 104 Å². The van der Waals surface area contributed by atoms with Crippen LogP contribution in [0.3, 0.4) is 0 Å². The van der Waals surface area contributed by atoms with E-state index in [4.69, 9.17) is 0 Å². The van der Waals surface area contributed by atoms with Crippen molar-refractivity contribution >= 4 is 18.4 Å². The van der Waals surface area contributed by atoms with Gasteiger partial charge in [0, 0.05) is 12.0 Å². The van der Waals surface area contributed by atoms with Gasteiger partial charge in [-0.3, -0.25) is 0 Å². The van der Waals surface area contributed by atoms with Crippen molar-refractivity contribution in [3.05, 3.63) is 95.1 Å². The van der Waals surface area contributed by atoms with Crippen LogP contribution in [0, 0.1) is 43.7 Å². The predicted octanol–water partition coefficient (Wildman–Crippen LogP) is 6.28. The summed E-state index contributed by atoms with van der Waals surface area (Å²) in [5.41, 5.74) is 12.6. The maximum Gasteiger partial charge on any atom is 0.276 e. The number of aryl methyl sites for hydroxylation is 3. The lowest BCUT2D eigenvalue weighted by Gasteiger charge is -2.26. The van der Waals surface area contributed by atoms with Gasteiger partial charge < -0.3 is 0 Å². The van der Waals surface area contributed by atoms with Crippen molar-refractivity contribution in [1.82, 2.24) is 0 Å². The van der Waals surface area contributed by atoms with Crippen molar-refractivity contribution in [1.29, 1.82) is 0 Å². The Morgan fingerprint density at radius 2 is 1.34 bits per heavy atom. The van der Waals surface area contributed by atoms with Gasteiger partial charge in [0.2, 0.25) is 0 Å². The topological polar surface area (TPSA) is 0 Å². The normalized spacial score (nSPS) is 12.1. The zero-order valence-corrected chi connectivity index (χ0v) is 21.0. The van der Waals surface area contributed by atoms with Crippen LogP contribution in [-0.4, -0.2) is 8.07 Å². The molecule has 0 aliphatic carbocycles. The summed E-state index contributed by atoms with van der Waals surface area (Å²) in [6.45, 7) is 8.88. The molecule has 0 spiro atoms. The van der Waals surface area contributed by atoms with Gasteiger partial charge in [-0.15, -0.1) is 11.5 Å². The van der Waals surface area contributed by atoms with Crippen molar-refractivity contribution in [2.45, 2.75) is 59.8 Å². The van der Waals surface area contributed by atoms with Crippen molar-refractivity contribution in [2.24, 2.45) is 0 Å². The molecule has 0 aromatic heterocycles. The van der Waals surface area contributed by atoms with Gasteiger partial charge in [-0.05, 0) is 60.8 Å². The first-order chi connectivity index (χ1) is 15.6. The van der Waals surface area contributed by atoms with Gasteiger partial charge in [-0.25, -0.2) is 0 Å². The van der Waals surface area contributed by atoms with E-state index in [1.807, 2.05) is 6.07 Å². The molecule has 0 radical (unpaired) electrons. The molecule has 0 amide bonds. The average Bonchev–Trinajstić information content (AvgIpc) is 2.80. The molecular formula is C31H34Si. The minimum absolute atomic E-state index is 0.943. The SMILES string of the molecule is CCCCCCC#C[Si](C#Cc1ccccc1)(c1ccccc1)c1c(C)cc(C)cc1C. The molecule has 162 valence electrons. The van der Waals surface area contributed by atoms with Crippen molar-refractivity contribution in [3.63, 3.8) is 0 Å². The van der Waals surface area contributed by atoms with Crippen LogP contribution in [0.5, 0.6) is 0 Å². The first-order valence-electron chi connectivity index (χ1n) is 11.8. The maximum atomic E-state index is 3.83. The molecule has 0 heterocycles. The van der Waals surface area contributed by atoms with Crippen molar-refractivity contribution in [2.75, 3.05) is 0 Å². The van der Waals surface area contributed by atoms with E-state index < -0.39 is 8.07 Å². The van der Waals surface area contributed by atoms with E-state index in [0.29, 0.717) is 0 Å². The number of unbranched alkanes of at least 4 members (excludes halogenated alkanes) is 4. The molecule has 32 heavy (non-hydrogen) atoms. The van der Waals surface area contributed by atoms with E-state index in [1.165, 1.54) is 46.3 Å². The molecule has 0 fully saturated rings. The van der Waals surface area contributed by atoms with Gasteiger partial charge in [0.25, 0.3) is 8.07 Å². The van der Waals surface area contributed by atoms with Gasteiger partial charge in [0.15, 0.2) is 0 Å². The Hall–Kier alpha value is -3.00. The smallest absolute Gasteiger partial charge is 0.108 e. The highest BCUT2D eigenvalue weighted by molar-refractivity contribution is 7.14. The summed E-state index contributed by atoms with van der Waals surface area (Å²) >= 11 is 0. The van der Waals surface area contributed by atoms with Crippen LogP contribution in [0.15, 0.2) is 72.8 Å². The van der Waals surface area contributed by atoms with Crippen LogP contribution in [0.4, 0.5) is 0 Å². The molecule has 0 saturated carbocycles. The fourth-order valence-electron chi connectivity index (χ4n) is 4.43. The molecule has 3 aromatic carbocycles. The zero-order chi connectivity index (χ0) is 22.8. The Labute approximate surface area is 196 Å². The lowest BCUT2D eigenvalue weighted by Crippen LogP contribution is -2.59. The third kappa shape index (κ3) is 5.82. The molecule has 1 unspecified atom stereocenters. The Morgan fingerprint density at radius 1 is 0.719 bits per heavy atom. The quantitative estimate of drug-likeness (QED) is 0.243. The van der Waals surface area contributed by atoms with E-state index in [-0.39, 0.29) is 0 Å². The molecule has 3 rings (SSSR count). The second kappa shape index (κ2) is 11.6. The summed E-state index contributed by atoms with van der Waals surface area (Å²) in [5, 5.41) is 2.64. The van der Waals surface area contributed by atoms with Crippen molar-refractivity contribution in [3.8, 4) is 22.9 Å². The summed E-state index contributed by atoms with van der Waals surface area (Å²) in [6.07, 6.45) is 5.90.